The van der Waals surface area contributed by atoms with E-state index in [9.17, 15) is 9.90 Å². The first kappa shape index (κ1) is 15.7. The van der Waals surface area contributed by atoms with E-state index in [-0.39, 0.29) is 5.43 Å². The van der Waals surface area contributed by atoms with Crippen LogP contribution in [0.1, 0.15) is 55.6 Å². The average Bonchev–Trinajstić information content (AvgIpc) is 2.56. The molecule has 0 aromatic carbocycles. The molecule has 0 aliphatic heterocycles. The second-order valence-electron chi connectivity index (χ2n) is 6.43. The number of hydrogen-bond donors (Lipinski definition) is 1. The van der Waals surface area contributed by atoms with Gasteiger partial charge in [0, 0.05) is 45.1 Å². The molecule has 5 heteroatoms. The van der Waals surface area contributed by atoms with Gasteiger partial charge >= 0.3 is 0 Å². The van der Waals surface area contributed by atoms with Crippen molar-refractivity contribution in [2.24, 2.45) is 0 Å². The maximum absolute atomic E-state index is 12.3. The molecule has 122 valence electrons. The van der Waals surface area contributed by atoms with Crippen LogP contribution >= 0.6 is 0 Å². The fourth-order valence-electron chi connectivity index (χ4n) is 3.63. The van der Waals surface area contributed by atoms with Crippen molar-refractivity contribution < 1.29 is 19.0 Å². The fourth-order valence-corrected chi connectivity index (χ4v) is 3.63. The summed E-state index contributed by atoms with van der Waals surface area (Å²) in [5.41, 5.74) is -0.316. The lowest BCUT2D eigenvalue weighted by Gasteiger charge is -2.41. The Morgan fingerprint density at radius 1 is 1.09 bits per heavy atom. The topological polar surface area (TPSA) is 68.9 Å². The Kier molecular flexibility index (Phi) is 4.14. The molecule has 2 aliphatic carbocycles. The summed E-state index contributed by atoms with van der Waals surface area (Å²) in [5.74, 6) is 0.525. The molecule has 1 fully saturated rings. The lowest BCUT2D eigenvalue weighted by Crippen LogP contribution is -2.44. The van der Waals surface area contributed by atoms with Crippen LogP contribution in [0.2, 0.25) is 0 Å². The summed E-state index contributed by atoms with van der Waals surface area (Å²) in [6, 6.07) is 1.48. The lowest BCUT2D eigenvalue weighted by atomic mass is 9.79. The zero-order valence-electron chi connectivity index (χ0n) is 13.3. The molecule has 1 heterocycles. The fraction of sp³-hybridized carbons (Fsp3) is 0.706. The SMILES string of the molecule is COC1(OC)CCC(O)(c2cc(=O)c3c(o2)CCCC3)CC1. The Morgan fingerprint density at radius 3 is 2.36 bits per heavy atom. The van der Waals surface area contributed by atoms with Crippen LogP contribution in [0, 0.1) is 0 Å². The van der Waals surface area contributed by atoms with Crippen molar-refractivity contribution in [3.63, 3.8) is 0 Å². The number of rotatable bonds is 3. The molecule has 1 aromatic rings. The number of ether oxygens (including phenoxy) is 2. The van der Waals surface area contributed by atoms with Crippen LogP contribution in [0.15, 0.2) is 15.3 Å². The van der Waals surface area contributed by atoms with Crippen molar-refractivity contribution in [3.8, 4) is 0 Å². The summed E-state index contributed by atoms with van der Waals surface area (Å²) in [6.45, 7) is 0. The molecule has 0 atom stereocenters. The Morgan fingerprint density at radius 2 is 1.73 bits per heavy atom. The van der Waals surface area contributed by atoms with Gasteiger partial charge in [-0.2, -0.15) is 0 Å². The van der Waals surface area contributed by atoms with E-state index in [1.807, 2.05) is 0 Å². The molecule has 0 bridgehead atoms. The van der Waals surface area contributed by atoms with E-state index < -0.39 is 11.4 Å². The van der Waals surface area contributed by atoms with E-state index in [0.29, 0.717) is 31.4 Å². The highest BCUT2D eigenvalue weighted by molar-refractivity contribution is 5.24. The molecular formula is C17H24O5. The summed E-state index contributed by atoms with van der Waals surface area (Å²) in [6.07, 6.45) is 5.68. The van der Waals surface area contributed by atoms with Gasteiger partial charge in [0.25, 0.3) is 0 Å². The highest BCUT2D eigenvalue weighted by atomic mass is 16.7. The van der Waals surface area contributed by atoms with Crippen LogP contribution in [0.4, 0.5) is 0 Å². The first-order chi connectivity index (χ1) is 10.5. The highest BCUT2D eigenvalue weighted by Gasteiger charge is 2.45. The van der Waals surface area contributed by atoms with Crippen LogP contribution in [0.3, 0.4) is 0 Å². The van der Waals surface area contributed by atoms with E-state index in [4.69, 9.17) is 13.9 Å². The minimum atomic E-state index is -1.10. The predicted molar refractivity (Wildman–Crippen MR) is 80.7 cm³/mol. The van der Waals surface area contributed by atoms with Crippen LogP contribution in [-0.2, 0) is 27.9 Å². The second-order valence-corrected chi connectivity index (χ2v) is 6.43. The molecular weight excluding hydrogens is 284 g/mol. The van der Waals surface area contributed by atoms with Crippen molar-refractivity contribution in [1.82, 2.24) is 0 Å². The van der Waals surface area contributed by atoms with Crippen LogP contribution in [-0.4, -0.2) is 25.1 Å². The molecule has 22 heavy (non-hydrogen) atoms. The lowest BCUT2D eigenvalue weighted by molar-refractivity contribution is -0.244. The number of fused-ring (bicyclic) bond motifs is 1. The first-order valence-corrected chi connectivity index (χ1v) is 8.01. The predicted octanol–water partition coefficient (Wildman–Crippen LogP) is 2.27. The molecule has 1 aromatic heterocycles. The summed E-state index contributed by atoms with van der Waals surface area (Å²) < 4.78 is 16.8. The second kappa shape index (κ2) is 5.80. The monoisotopic (exact) mass is 308 g/mol. The zero-order valence-corrected chi connectivity index (χ0v) is 13.3. The van der Waals surface area contributed by atoms with Crippen LogP contribution in [0.5, 0.6) is 0 Å². The van der Waals surface area contributed by atoms with Gasteiger partial charge in [-0.05, 0) is 32.1 Å². The van der Waals surface area contributed by atoms with Gasteiger partial charge in [0.15, 0.2) is 11.2 Å². The maximum atomic E-state index is 12.3. The maximum Gasteiger partial charge on any atom is 0.188 e. The third kappa shape index (κ3) is 2.62. The van der Waals surface area contributed by atoms with Crippen molar-refractivity contribution in [2.75, 3.05) is 14.2 Å². The highest BCUT2D eigenvalue weighted by Crippen LogP contribution is 2.43. The summed E-state index contributed by atoms with van der Waals surface area (Å²) >= 11 is 0. The molecule has 0 radical (unpaired) electrons. The Hall–Kier alpha value is -1.17. The zero-order chi connectivity index (χ0) is 15.8. The third-order valence-corrected chi connectivity index (χ3v) is 5.25. The Balaban J connectivity index is 1.88. The molecule has 5 nitrogen and oxygen atoms in total. The van der Waals surface area contributed by atoms with Crippen molar-refractivity contribution in [2.45, 2.75) is 62.8 Å². The molecule has 0 saturated heterocycles. The van der Waals surface area contributed by atoms with E-state index >= 15 is 0 Å². The van der Waals surface area contributed by atoms with Gasteiger partial charge in [-0.25, -0.2) is 0 Å². The summed E-state index contributed by atoms with van der Waals surface area (Å²) in [5, 5.41) is 10.9. The average molecular weight is 308 g/mol. The van der Waals surface area contributed by atoms with Gasteiger partial charge in [-0.15, -0.1) is 0 Å². The Bertz CT molecular complexity index is 590. The number of methoxy groups -OCH3 is 2. The van der Waals surface area contributed by atoms with E-state index in [2.05, 4.69) is 0 Å². The van der Waals surface area contributed by atoms with E-state index in [1.54, 1.807) is 14.2 Å². The van der Waals surface area contributed by atoms with Crippen molar-refractivity contribution >= 4 is 0 Å². The minimum Gasteiger partial charge on any atom is -0.462 e. The van der Waals surface area contributed by atoms with E-state index in [0.717, 1.165) is 37.0 Å². The molecule has 0 spiro atoms. The van der Waals surface area contributed by atoms with Crippen molar-refractivity contribution in [3.05, 3.63) is 33.4 Å². The molecule has 1 N–H and O–H groups in total. The number of aryl methyl sites for hydroxylation is 1. The van der Waals surface area contributed by atoms with Crippen molar-refractivity contribution in [1.29, 1.82) is 0 Å². The first-order valence-electron chi connectivity index (χ1n) is 8.01. The standard InChI is InChI=1S/C17H24O5/c1-20-17(21-2)9-7-16(19,8-10-17)15-11-13(18)12-5-3-4-6-14(12)22-15/h11,19H,3-10H2,1-2H3. The molecule has 0 amide bonds. The molecule has 3 rings (SSSR count). The van der Waals surface area contributed by atoms with Gasteiger partial charge in [0.05, 0.1) is 0 Å². The van der Waals surface area contributed by atoms with Crippen LogP contribution < -0.4 is 5.43 Å². The molecule has 0 unspecified atom stereocenters. The quantitative estimate of drug-likeness (QED) is 0.868. The van der Waals surface area contributed by atoms with Gasteiger partial charge in [0.2, 0.25) is 0 Å². The van der Waals surface area contributed by atoms with Gasteiger partial charge < -0.3 is 19.0 Å². The molecule has 1 saturated carbocycles. The van der Waals surface area contributed by atoms with Crippen LogP contribution in [0.25, 0.3) is 0 Å². The minimum absolute atomic E-state index is 0.000283. The normalized spacial score (nSPS) is 23.0. The van der Waals surface area contributed by atoms with Gasteiger partial charge in [0.1, 0.15) is 17.1 Å². The van der Waals surface area contributed by atoms with Gasteiger partial charge in [-0.1, -0.05) is 0 Å². The summed E-state index contributed by atoms with van der Waals surface area (Å²) in [4.78, 5) is 12.3. The van der Waals surface area contributed by atoms with Gasteiger partial charge in [-0.3, -0.25) is 4.79 Å². The number of aliphatic hydroxyl groups is 1. The molecule has 2 aliphatic rings. The van der Waals surface area contributed by atoms with E-state index in [1.165, 1.54) is 6.07 Å². The third-order valence-electron chi connectivity index (χ3n) is 5.25. The summed E-state index contributed by atoms with van der Waals surface area (Å²) in [7, 11) is 3.24. The Labute approximate surface area is 130 Å². The largest absolute Gasteiger partial charge is 0.462 e. The number of hydrogen-bond acceptors (Lipinski definition) is 5. The smallest absolute Gasteiger partial charge is 0.188 e.